The second kappa shape index (κ2) is 8.03. The molecule has 0 bridgehead atoms. The van der Waals surface area contributed by atoms with E-state index in [0.29, 0.717) is 17.1 Å². The highest BCUT2D eigenvalue weighted by atomic mass is 16.6. The fraction of sp³-hybridized carbons (Fsp3) is 0.148. The van der Waals surface area contributed by atoms with Crippen molar-refractivity contribution in [1.82, 2.24) is 0 Å². The molecule has 3 nitrogen and oxygen atoms in total. The second-order valence-electron chi connectivity index (χ2n) is 8.11. The molecule has 0 aliphatic carbocycles. The molecule has 0 unspecified atom stereocenters. The van der Waals surface area contributed by atoms with Gasteiger partial charge in [-0.2, -0.15) is 0 Å². The predicted octanol–water partition coefficient (Wildman–Crippen LogP) is 7.24. The third-order valence-corrected chi connectivity index (χ3v) is 4.65. The summed E-state index contributed by atoms with van der Waals surface area (Å²) in [5.41, 5.74) is 3.21. The fourth-order valence-electron chi connectivity index (χ4n) is 3.42. The van der Waals surface area contributed by atoms with Gasteiger partial charge in [-0.15, -0.1) is 0 Å². The lowest BCUT2D eigenvalue weighted by Crippen LogP contribution is -2.24. The minimum atomic E-state index is -0.622. The lowest BCUT2D eigenvalue weighted by Gasteiger charge is -2.20. The Morgan fingerprint density at radius 3 is 1.57 bits per heavy atom. The monoisotopic (exact) mass is 396 g/mol. The van der Waals surface area contributed by atoms with E-state index in [0.717, 1.165) is 22.3 Å². The van der Waals surface area contributed by atoms with Crippen LogP contribution in [0.25, 0.3) is 33.8 Å². The predicted molar refractivity (Wildman–Crippen MR) is 120 cm³/mol. The van der Waals surface area contributed by atoms with Crippen molar-refractivity contribution in [1.29, 1.82) is 0 Å². The fourth-order valence-corrected chi connectivity index (χ4v) is 3.42. The summed E-state index contributed by atoms with van der Waals surface area (Å²) in [7, 11) is 0. The van der Waals surface area contributed by atoms with Crippen LogP contribution in [0, 0.1) is 0 Å². The van der Waals surface area contributed by atoms with Crippen LogP contribution in [0.1, 0.15) is 31.1 Å². The number of carbonyl (C=O) groups is 1. The molecule has 4 aromatic rings. The van der Waals surface area contributed by atoms with Crippen LogP contribution in [-0.4, -0.2) is 11.6 Å². The van der Waals surface area contributed by atoms with Gasteiger partial charge in [0.1, 0.15) is 22.7 Å². The normalized spacial score (nSPS) is 11.3. The van der Waals surface area contributed by atoms with E-state index in [4.69, 9.17) is 9.15 Å². The van der Waals surface area contributed by atoms with E-state index in [9.17, 15) is 4.79 Å². The SMILES string of the molecule is CC(C)(C)OC(=O)c1c(-c2ccccc2)oc(-c2ccccc2)c1-c1ccccc1. The summed E-state index contributed by atoms with van der Waals surface area (Å²) in [4.78, 5) is 13.4. The molecule has 0 atom stereocenters. The van der Waals surface area contributed by atoms with Gasteiger partial charge in [0.15, 0.2) is 0 Å². The molecule has 0 saturated heterocycles. The molecule has 3 aromatic carbocycles. The lowest BCUT2D eigenvalue weighted by molar-refractivity contribution is 0.00708. The third kappa shape index (κ3) is 4.06. The number of hydrogen-bond acceptors (Lipinski definition) is 3. The molecule has 0 amide bonds. The number of carbonyl (C=O) groups excluding carboxylic acids is 1. The molecule has 0 N–H and O–H groups in total. The Kier molecular flexibility index (Phi) is 5.28. The topological polar surface area (TPSA) is 39.4 Å². The zero-order valence-electron chi connectivity index (χ0n) is 17.4. The van der Waals surface area contributed by atoms with Crippen molar-refractivity contribution in [3.8, 4) is 33.8 Å². The van der Waals surface area contributed by atoms with Gasteiger partial charge in [0.05, 0.1) is 0 Å². The number of esters is 1. The van der Waals surface area contributed by atoms with Gasteiger partial charge in [0, 0.05) is 16.7 Å². The Balaban J connectivity index is 2.04. The average molecular weight is 396 g/mol. The summed E-state index contributed by atoms with van der Waals surface area (Å²) in [5.74, 6) is 0.773. The highest BCUT2D eigenvalue weighted by Crippen LogP contribution is 2.43. The van der Waals surface area contributed by atoms with E-state index in [1.807, 2.05) is 112 Å². The van der Waals surface area contributed by atoms with Crippen LogP contribution < -0.4 is 0 Å². The van der Waals surface area contributed by atoms with Crippen LogP contribution in [0.4, 0.5) is 0 Å². The quantitative estimate of drug-likeness (QED) is 0.341. The molecular weight excluding hydrogens is 372 g/mol. The Bertz CT molecular complexity index is 1140. The number of benzene rings is 3. The van der Waals surface area contributed by atoms with Crippen LogP contribution in [0.2, 0.25) is 0 Å². The van der Waals surface area contributed by atoms with Gasteiger partial charge in [0.25, 0.3) is 0 Å². The van der Waals surface area contributed by atoms with Gasteiger partial charge in [-0.05, 0) is 26.3 Å². The van der Waals surface area contributed by atoms with Gasteiger partial charge in [-0.3, -0.25) is 0 Å². The molecule has 0 fully saturated rings. The molecule has 3 heteroatoms. The maximum absolute atomic E-state index is 13.4. The molecule has 0 spiro atoms. The van der Waals surface area contributed by atoms with E-state index in [1.165, 1.54) is 0 Å². The first kappa shape index (κ1) is 19.7. The van der Waals surface area contributed by atoms with Crippen molar-refractivity contribution in [3.05, 3.63) is 96.6 Å². The molecular formula is C27H24O3. The first-order chi connectivity index (χ1) is 14.4. The molecule has 1 heterocycles. The van der Waals surface area contributed by atoms with Crippen molar-refractivity contribution < 1.29 is 13.9 Å². The smallest absolute Gasteiger partial charge is 0.343 e. The van der Waals surface area contributed by atoms with Crippen molar-refractivity contribution in [2.75, 3.05) is 0 Å². The molecule has 0 radical (unpaired) electrons. The maximum atomic E-state index is 13.4. The van der Waals surface area contributed by atoms with Crippen LogP contribution in [-0.2, 0) is 4.74 Å². The zero-order valence-corrected chi connectivity index (χ0v) is 17.4. The van der Waals surface area contributed by atoms with E-state index < -0.39 is 11.6 Å². The van der Waals surface area contributed by atoms with E-state index in [1.54, 1.807) is 0 Å². The minimum Gasteiger partial charge on any atom is -0.456 e. The van der Waals surface area contributed by atoms with E-state index in [2.05, 4.69) is 0 Å². The molecule has 0 saturated carbocycles. The van der Waals surface area contributed by atoms with E-state index >= 15 is 0 Å². The standard InChI is InChI=1S/C27H24O3/c1-27(2,3)30-26(28)23-22(19-13-7-4-8-14-19)24(20-15-9-5-10-16-20)29-25(23)21-17-11-6-12-18-21/h4-18H,1-3H3. The summed E-state index contributed by atoms with van der Waals surface area (Å²) in [6, 6.07) is 29.4. The van der Waals surface area contributed by atoms with E-state index in [-0.39, 0.29) is 0 Å². The van der Waals surface area contributed by atoms with Gasteiger partial charge in [0.2, 0.25) is 0 Å². The van der Waals surface area contributed by atoms with Crippen molar-refractivity contribution in [3.63, 3.8) is 0 Å². The van der Waals surface area contributed by atoms with Gasteiger partial charge >= 0.3 is 5.97 Å². The molecule has 4 rings (SSSR count). The number of hydrogen-bond donors (Lipinski definition) is 0. The molecule has 150 valence electrons. The summed E-state index contributed by atoms with van der Waals surface area (Å²) >= 11 is 0. The maximum Gasteiger partial charge on any atom is 0.343 e. The van der Waals surface area contributed by atoms with Crippen molar-refractivity contribution >= 4 is 5.97 Å². The van der Waals surface area contributed by atoms with Gasteiger partial charge < -0.3 is 9.15 Å². The number of rotatable bonds is 4. The third-order valence-electron chi connectivity index (χ3n) is 4.65. The number of furan rings is 1. The molecule has 0 aliphatic heterocycles. The molecule has 1 aromatic heterocycles. The highest BCUT2D eigenvalue weighted by molar-refractivity contribution is 6.06. The summed E-state index contributed by atoms with van der Waals surface area (Å²) in [6.45, 7) is 5.61. The first-order valence-electron chi connectivity index (χ1n) is 10.0. The Labute approximate surface area is 176 Å². The van der Waals surface area contributed by atoms with Crippen molar-refractivity contribution in [2.24, 2.45) is 0 Å². The summed E-state index contributed by atoms with van der Waals surface area (Å²) < 4.78 is 12.2. The highest BCUT2D eigenvalue weighted by Gasteiger charge is 2.31. The van der Waals surface area contributed by atoms with Crippen LogP contribution in [0.5, 0.6) is 0 Å². The molecule has 0 aliphatic rings. The van der Waals surface area contributed by atoms with Gasteiger partial charge in [-0.25, -0.2) is 4.79 Å². The zero-order chi connectivity index (χ0) is 21.1. The molecule has 30 heavy (non-hydrogen) atoms. The van der Waals surface area contributed by atoms with Crippen LogP contribution in [0.3, 0.4) is 0 Å². The Morgan fingerprint density at radius 1 is 0.667 bits per heavy atom. The first-order valence-corrected chi connectivity index (χ1v) is 10.0. The summed E-state index contributed by atoms with van der Waals surface area (Å²) in [6.07, 6.45) is 0. The van der Waals surface area contributed by atoms with Gasteiger partial charge in [-0.1, -0.05) is 91.0 Å². The van der Waals surface area contributed by atoms with Crippen LogP contribution >= 0.6 is 0 Å². The largest absolute Gasteiger partial charge is 0.456 e. The average Bonchev–Trinajstić information content (AvgIpc) is 3.15. The minimum absolute atomic E-state index is 0.397. The van der Waals surface area contributed by atoms with Crippen LogP contribution in [0.15, 0.2) is 95.4 Å². The summed E-state index contributed by atoms with van der Waals surface area (Å²) in [5, 5.41) is 0. The number of ether oxygens (including phenoxy) is 1. The lowest BCUT2D eigenvalue weighted by atomic mass is 9.95. The second-order valence-corrected chi connectivity index (χ2v) is 8.11. The Hall–Kier alpha value is -3.59. The Morgan fingerprint density at radius 2 is 1.10 bits per heavy atom. The van der Waals surface area contributed by atoms with Crippen molar-refractivity contribution in [2.45, 2.75) is 26.4 Å².